The number of ether oxygens (including phenoxy) is 1. The van der Waals surface area contributed by atoms with E-state index in [-0.39, 0.29) is 17.9 Å². The molecule has 29 heavy (non-hydrogen) atoms. The number of amides is 1. The van der Waals surface area contributed by atoms with Crippen LogP contribution >= 0.6 is 0 Å². The summed E-state index contributed by atoms with van der Waals surface area (Å²) in [5, 5.41) is 6.92. The van der Waals surface area contributed by atoms with Crippen LogP contribution in [-0.4, -0.2) is 22.7 Å². The van der Waals surface area contributed by atoms with Gasteiger partial charge in [-0.1, -0.05) is 23.4 Å². The number of aryl methyl sites for hydroxylation is 1. The lowest BCUT2D eigenvalue weighted by atomic mass is 10.0. The van der Waals surface area contributed by atoms with Crippen molar-refractivity contribution in [3.05, 3.63) is 76.8 Å². The van der Waals surface area contributed by atoms with Crippen LogP contribution in [0.2, 0.25) is 0 Å². The molecule has 0 fully saturated rings. The van der Waals surface area contributed by atoms with Gasteiger partial charge in [-0.05, 0) is 42.3 Å². The highest BCUT2D eigenvalue weighted by molar-refractivity contribution is 5.91. The highest BCUT2D eigenvalue weighted by Crippen LogP contribution is 2.23. The van der Waals surface area contributed by atoms with Gasteiger partial charge in [-0.25, -0.2) is 0 Å². The predicted octanol–water partition coefficient (Wildman–Crippen LogP) is 3.61. The lowest BCUT2D eigenvalue weighted by Crippen LogP contribution is -2.21. The van der Waals surface area contributed by atoms with Gasteiger partial charge in [0, 0.05) is 23.2 Å². The molecule has 146 valence electrons. The monoisotopic (exact) mass is 389 g/mol. The topological polar surface area (TPSA) is 86.4 Å². The third-order valence-corrected chi connectivity index (χ3v) is 4.66. The molecule has 0 bridgehead atoms. The summed E-state index contributed by atoms with van der Waals surface area (Å²) >= 11 is 0. The summed E-state index contributed by atoms with van der Waals surface area (Å²) in [4.78, 5) is 25.6. The molecule has 0 saturated heterocycles. The number of carbonyl (C=O) groups is 1. The van der Waals surface area contributed by atoms with E-state index >= 15 is 0 Å². The van der Waals surface area contributed by atoms with E-state index in [1.54, 1.807) is 42.1 Å². The SMILES string of the molecule is COc1ccc(-c2cn(CC(=O)Nc3ccon3)c3cc(C)ccc3c2=O)cc1. The maximum Gasteiger partial charge on any atom is 0.245 e. The Hall–Kier alpha value is -3.87. The lowest BCUT2D eigenvalue weighted by molar-refractivity contribution is -0.116. The Morgan fingerprint density at radius 2 is 1.97 bits per heavy atom. The second-order valence-corrected chi connectivity index (χ2v) is 6.68. The third kappa shape index (κ3) is 3.75. The Morgan fingerprint density at radius 1 is 1.17 bits per heavy atom. The zero-order valence-corrected chi connectivity index (χ0v) is 16.0. The van der Waals surface area contributed by atoms with Gasteiger partial charge in [0.05, 0.1) is 12.6 Å². The molecule has 0 aliphatic heterocycles. The number of nitrogens with one attached hydrogen (secondary N) is 1. The van der Waals surface area contributed by atoms with Crippen molar-refractivity contribution < 1.29 is 14.1 Å². The Kier molecular flexibility index (Phi) is 4.87. The molecule has 2 aromatic heterocycles. The van der Waals surface area contributed by atoms with E-state index in [1.807, 2.05) is 31.2 Å². The van der Waals surface area contributed by atoms with Crippen molar-refractivity contribution in [1.82, 2.24) is 9.72 Å². The molecule has 0 radical (unpaired) electrons. The van der Waals surface area contributed by atoms with Gasteiger partial charge in [-0.2, -0.15) is 0 Å². The normalized spacial score (nSPS) is 10.8. The summed E-state index contributed by atoms with van der Waals surface area (Å²) in [6.07, 6.45) is 3.10. The first-order valence-electron chi connectivity index (χ1n) is 9.03. The predicted molar refractivity (Wildman–Crippen MR) is 110 cm³/mol. The average molecular weight is 389 g/mol. The second kappa shape index (κ2) is 7.63. The highest BCUT2D eigenvalue weighted by Gasteiger charge is 2.14. The number of hydrogen-bond acceptors (Lipinski definition) is 5. The van der Waals surface area contributed by atoms with Crippen molar-refractivity contribution >= 4 is 22.6 Å². The van der Waals surface area contributed by atoms with E-state index in [1.165, 1.54) is 6.26 Å². The molecule has 0 unspecified atom stereocenters. The molecule has 0 spiro atoms. The molecule has 0 aliphatic rings. The first-order chi connectivity index (χ1) is 14.0. The van der Waals surface area contributed by atoms with E-state index < -0.39 is 0 Å². The molecule has 2 aromatic carbocycles. The number of pyridine rings is 1. The molecule has 0 aliphatic carbocycles. The molecule has 1 N–H and O–H groups in total. The van der Waals surface area contributed by atoms with Crippen LogP contribution in [0.25, 0.3) is 22.0 Å². The molecule has 0 atom stereocenters. The number of aromatic nitrogens is 2. The minimum atomic E-state index is -0.272. The molecular formula is C22H19N3O4. The van der Waals surface area contributed by atoms with Gasteiger partial charge in [0.2, 0.25) is 5.91 Å². The summed E-state index contributed by atoms with van der Waals surface area (Å²) in [7, 11) is 1.59. The molecule has 7 nitrogen and oxygen atoms in total. The molecule has 0 saturated carbocycles. The van der Waals surface area contributed by atoms with Crippen LogP contribution in [0.4, 0.5) is 5.82 Å². The van der Waals surface area contributed by atoms with E-state index in [9.17, 15) is 9.59 Å². The maximum absolute atomic E-state index is 13.1. The van der Waals surface area contributed by atoms with Crippen molar-refractivity contribution in [2.75, 3.05) is 12.4 Å². The van der Waals surface area contributed by atoms with Crippen LogP contribution in [0.3, 0.4) is 0 Å². The second-order valence-electron chi connectivity index (χ2n) is 6.68. The summed E-state index contributed by atoms with van der Waals surface area (Å²) in [5.41, 5.74) is 2.88. The largest absolute Gasteiger partial charge is 0.497 e. The van der Waals surface area contributed by atoms with Gasteiger partial charge >= 0.3 is 0 Å². The van der Waals surface area contributed by atoms with Crippen molar-refractivity contribution in [2.24, 2.45) is 0 Å². The first-order valence-corrected chi connectivity index (χ1v) is 9.03. The minimum absolute atomic E-state index is 0.0241. The van der Waals surface area contributed by atoms with Gasteiger partial charge in [-0.3, -0.25) is 9.59 Å². The maximum atomic E-state index is 13.1. The third-order valence-electron chi connectivity index (χ3n) is 4.66. The summed E-state index contributed by atoms with van der Waals surface area (Å²) in [6, 6.07) is 14.4. The van der Waals surface area contributed by atoms with Crippen LogP contribution in [-0.2, 0) is 11.3 Å². The van der Waals surface area contributed by atoms with Gasteiger partial charge in [0.25, 0.3) is 0 Å². The summed E-state index contributed by atoms with van der Waals surface area (Å²) in [5.74, 6) is 0.774. The van der Waals surface area contributed by atoms with Crippen LogP contribution in [0.15, 0.2) is 70.3 Å². The number of nitrogens with zero attached hydrogens (tertiary/aromatic N) is 2. The van der Waals surface area contributed by atoms with Crippen LogP contribution in [0, 0.1) is 6.92 Å². The van der Waals surface area contributed by atoms with Crippen molar-refractivity contribution in [1.29, 1.82) is 0 Å². The van der Waals surface area contributed by atoms with Crippen molar-refractivity contribution in [3.8, 4) is 16.9 Å². The average Bonchev–Trinajstić information content (AvgIpc) is 3.23. The van der Waals surface area contributed by atoms with Gasteiger partial charge in [-0.15, -0.1) is 0 Å². The number of fused-ring (bicyclic) bond motifs is 1. The zero-order chi connectivity index (χ0) is 20.4. The van der Waals surface area contributed by atoms with E-state index in [4.69, 9.17) is 9.26 Å². The first kappa shape index (κ1) is 18.5. The van der Waals surface area contributed by atoms with E-state index in [0.29, 0.717) is 28.0 Å². The highest BCUT2D eigenvalue weighted by atomic mass is 16.5. The number of benzene rings is 2. The number of methoxy groups -OCH3 is 1. The fourth-order valence-electron chi connectivity index (χ4n) is 3.22. The number of hydrogen-bond donors (Lipinski definition) is 1. The van der Waals surface area contributed by atoms with Gasteiger partial charge < -0.3 is 19.1 Å². The Morgan fingerprint density at radius 3 is 2.66 bits per heavy atom. The van der Waals surface area contributed by atoms with Gasteiger partial charge in [0.1, 0.15) is 18.6 Å². The lowest BCUT2D eigenvalue weighted by Gasteiger charge is -2.14. The zero-order valence-electron chi connectivity index (χ0n) is 16.0. The van der Waals surface area contributed by atoms with Crippen molar-refractivity contribution in [2.45, 2.75) is 13.5 Å². The van der Waals surface area contributed by atoms with Crippen LogP contribution in [0.5, 0.6) is 5.75 Å². The summed E-state index contributed by atoms with van der Waals surface area (Å²) < 4.78 is 11.7. The Balaban J connectivity index is 1.80. The van der Waals surface area contributed by atoms with Crippen LogP contribution in [0.1, 0.15) is 5.56 Å². The number of carbonyl (C=O) groups excluding carboxylic acids is 1. The van der Waals surface area contributed by atoms with Gasteiger partial charge in [0.15, 0.2) is 11.2 Å². The Bertz CT molecular complexity index is 1230. The minimum Gasteiger partial charge on any atom is -0.497 e. The Labute approximate surface area is 166 Å². The fraction of sp³-hybridized carbons (Fsp3) is 0.136. The van der Waals surface area contributed by atoms with E-state index in [0.717, 1.165) is 11.1 Å². The quantitative estimate of drug-likeness (QED) is 0.563. The number of rotatable bonds is 5. The molecule has 4 rings (SSSR count). The molecule has 7 heteroatoms. The number of anilines is 1. The summed E-state index contributed by atoms with van der Waals surface area (Å²) in [6.45, 7) is 1.97. The fourth-order valence-corrected chi connectivity index (χ4v) is 3.22. The molecule has 1 amide bonds. The van der Waals surface area contributed by atoms with Crippen molar-refractivity contribution in [3.63, 3.8) is 0 Å². The molecule has 2 heterocycles. The molecular weight excluding hydrogens is 370 g/mol. The van der Waals surface area contributed by atoms with E-state index in [2.05, 4.69) is 10.5 Å². The standard InChI is InChI=1S/C22H19N3O4/c1-14-3-8-17-19(11-14)25(13-21(26)23-20-9-10-29-24-20)12-18(22(17)27)15-4-6-16(28-2)7-5-15/h3-12H,13H2,1-2H3,(H,23,24,26). The van der Waals surface area contributed by atoms with Crippen LogP contribution < -0.4 is 15.5 Å². The molecule has 4 aromatic rings. The smallest absolute Gasteiger partial charge is 0.245 e.